The van der Waals surface area contributed by atoms with Gasteiger partial charge in [0.15, 0.2) is 0 Å². The van der Waals surface area contributed by atoms with E-state index in [0.717, 1.165) is 31.3 Å². The van der Waals surface area contributed by atoms with Crippen LogP contribution >= 0.6 is 0 Å². The Morgan fingerprint density at radius 1 is 1.26 bits per heavy atom. The number of likely N-dealkylation sites (tertiary alicyclic amines) is 1. The summed E-state index contributed by atoms with van der Waals surface area (Å²) in [6, 6.07) is 9.58. The molecular formula is C16H24N2O. The summed E-state index contributed by atoms with van der Waals surface area (Å²) in [5.41, 5.74) is 7.64. The highest BCUT2D eigenvalue weighted by Gasteiger charge is 2.33. The maximum absolute atomic E-state index is 6.27. The summed E-state index contributed by atoms with van der Waals surface area (Å²) in [4.78, 5) is 2.61. The van der Waals surface area contributed by atoms with Gasteiger partial charge in [0.25, 0.3) is 0 Å². The van der Waals surface area contributed by atoms with E-state index < -0.39 is 0 Å². The fraction of sp³-hybridized carbons (Fsp3) is 0.625. The van der Waals surface area contributed by atoms with E-state index in [9.17, 15) is 0 Å². The van der Waals surface area contributed by atoms with Gasteiger partial charge in [-0.05, 0) is 42.9 Å². The van der Waals surface area contributed by atoms with E-state index in [2.05, 4.69) is 23.1 Å². The molecule has 3 nitrogen and oxygen atoms in total. The van der Waals surface area contributed by atoms with Crippen molar-refractivity contribution in [1.82, 2.24) is 4.90 Å². The van der Waals surface area contributed by atoms with Crippen LogP contribution in [-0.2, 0) is 0 Å². The SMILES string of the molecule is COc1cccc(C2CC(N)CN(C3CCC3)C2)c1. The highest BCUT2D eigenvalue weighted by molar-refractivity contribution is 5.31. The Morgan fingerprint density at radius 2 is 2.11 bits per heavy atom. The summed E-state index contributed by atoms with van der Waals surface area (Å²) in [5, 5.41) is 0. The van der Waals surface area contributed by atoms with Gasteiger partial charge in [0.2, 0.25) is 0 Å². The van der Waals surface area contributed by atoms with Gasteiger partial charge in [0.1, 0.15) is 5.75 Å². The second-order valence-corrected chi connectivity index (χ2v) is 6.01. The maximum atomic E-state index is 6.27. The highest BCUT2D eigenvalue weighted by atomic mass is 16.5. The third-order valence-electron chi connectivity index (χ3n) is 4.67. The summed E-state index contributed by atoms with van der Waals surface area (Å²) < 4.78 is 5.33. The molecule has 0 amide bonds. The molecule has 0 bridgehead atoms. The molecule has 3 heteroatoms. The summed E-state index contributed by atoms with van der Waals surface area (Å²) >= 11 is 0. The molecule has 1 aliphatic heterocycles. The first-order chi connectivity index (χ1) is 9.26. The number of ether oxygens (including phenoxy) is 1. The Hall–Kier alpha value is -1.06. The molecule has 2 aliphatic rings. The van der Waals surface area contributed by atoms with Crippen LogP contribution in [0.5, 0.6) is 5.75 Å². The maximum Gasteiger partial charge on any atom is 0.119 e. The van der Waals surface area contributed by atoms with Gasteiger partial charge in [0, 0.05) is 25.2 Å². The van der Waals surface area contributed by atoms with Gasteiger partial charge in [-0.3, -0.25) is 4.90 Å². The van der Waals surface area contributed by atoms with Crippen molar-refractivity contribution in [3.63, 3.8) is 0 Å². The van der Waals surface area contributed by atoms with Crippen molar-refractivity contribution in [2.24, 2.45) is 5.73 Å². The largest absolute Gasteiger partial charge is 0.497 e. The van der Waals surface area contributed by atoms with Crippen molar-refractivity contribution in [3.05, 3.63) is 29.8 Å². The fourth-order valence-corrected chi connectivity index (χ4v) is 3.36. The molecule has 1 aliphatic carbocycles. The molecule has 2 fully saturated rings. The van der Waals surface area contributed by atoms with Crippen LogP contribution < -0.4 is 10.5 Å². The minimum atomic E-state index is 0.311. The summed E-state index contributed by atoms with van der Waals surface area (Å²) in [7, 11) is 1.73. The Kier molecular flexibility index (Phi) is 3.76. The van der Waals surface area contributed by atoms with Crippen molar-refractivity contribution in [2.75, 3.05) is 20.2 Å². The molecule has 1 aromatic carbocycles. The first-order valence-corrected chi connectivity index (χ1v) is 7.40. The van der Waals surface area contributed by atoms with E-state index in [1.165, 1.54) is 24.8 Å². The Morgan fingerprint density at radius 3 is 2.79 bits per heavy atom. The van der Waals surface area contributed by atoms with E-state index in [0.29, 0.717) is 12.0 Å². The molecule has 3 rings (SSSR count). The van der Waals surface area contributed by atoms with Crippen LogP contribution in [0.4, 0.5) is 0 Å². The van der Waals surface area contributed by atoms with E-state index in [1.807, 2.05) is 6.07 Å². The number of rotatable bonds is 3. The van der Waals surface area contributed by atoms with Crippen LogP contribution in [0.25, 0.3) is 0 Å². The molecule has 2 N–H and O–H groups in total. The molecule has 1 heterocycles. The number of benzene rings is 1. The van der Waals surface area contributed by atoms with E-state index in [1.54, 1.807) is 7.11 Å². The predicted octanol–water partition coefficient (Wildman–Crippen LogP) is 2.36. The van der Waals surface area contributed by atoms with E-state index >= 15 is 0 Å². The van der Waals surface area contributed by atoms with Crippen molar-refractivity contribution in [3.8, 4) is 5.75 Å². The van der Waals surface area contributed by atoms with Crippen LogP contribution in [0, 0.1) is 0 Å². The normalized spacial score (nSPS) is 28.9. The predicted molar refractivity (Wildman–Crippen MR) is 77.5 cm³/mol. The lowest BCUT2D eigenvalue weighted by Gasteiger charge is -2.44. The molecule has 1 aromatic rings. The Balaban J connectivity index is 1.74. The number of nitrogens with two attached hydrogens (primary N) is 1. The molecule has 1 saturated heterocycles. The molecule has 2 atom stereocenters. The van der Waals surface area contributed by atoms with Crippen LogP contribution in [0.2, 0.25) is 0 Å². The zero-order chi connectivity index (χ0) is 13.2. The lowest BCUT2D eigenvalue weighted by molar-refractivity contribution is 0.0847. The Labute approximate surface area is 115 Å². The van der Waals surface area contributed by atoms with Gasteiger partial charge in [-0.1, -0.05) is 18.6 Å². The molecule has 19 heavy (non-hydrogen) atoms. The standard InChI is InChI=1S/C16H24N2O/c1-19-16-7-2-4-12(9-16)13-8-14(17)11-18(10-13)15-5-3-6-15/h2,4,7,9,13-15H,3,5-6,8,10-11,17H2,1H3. The number of nitrogens with zero attached hydrogens (tertiary/aromatic N) is 1. The lowest BCUT2D eigenvalue weighted by Crippen LogP contribution is -2.52. The van der Waals surface area contributed by atoms with Gasteiger partial charge in [0.05, 0.1) is 7.11 Å². The monoisotopic (exact) mass is 260 g/mol. The average molecular weight is 260 g/mol. The molecule has 0 radical (unpaired) electrons. The molecule has 0 spiro atoms. The van der Waals surface area contributed by atoms with Crippen molar-refractivity contribution >= 4 is 0 Å². The first-order valence-electron chi connectivity index (χ1n) is 7.40. The molecule has 104 valence electrons. The van der Waals surface area contributed by atoms with Crippen molar-refractivity contribution in [1.29, 1.82) is 0 Å². The Bertz CT molecular complexity index is 431. The van der Waals surface area contributed by atoms with Crippen molar-refractivity contribution in [2.45, 2.75) is 43.7 Å². The van der Waals surface area contributed by atoms with Crippen LogP contribution in [0.1, 0.15) is 37.2 Å². The molecule has 0 aromatic heterocycles. The topological polar surface area (TPSA) is 38.5 Å². The second-order valence-electron chi connectivity index (χ2n) is 6.01. The summed E-state index contributed by atoms with van der Waals surface area (Å²) in [6.45, 7) is 2.23. The van der Waals surface area contributed by atoms with Crippen LogP contribution in [0.3, 0.4) is 0 Å². The van der Waals surface area contributed by atoms with Crippen LogP contribution in [0.15, 0.2) is 24.3 Å². The first kappa shape index (κ1) is 12.9. The van der Waals surface area contributed by atoms with Gasteiger partial charge in [-0.15, -0.1) is 0 Å². The number of methoxy groups -OCH3 is 1. The zero-order valence-corrected chi connectivity index (χ0v) is 11.7. The van der Waals surface area contributed by atoms with E-state index in [4.69, 9.17) is 10.5 Å². The van der Waals surface area contributed by atoms with E-state index in [-0.39, 0.29) is 0 Å². The minimum absolute atomic E-state index is 0.311. The quantitative estimate of drug-likeness (QED) is 0.906. The highest BCUT2D eigenvalue weighted by Crippen LogP contribution is 2.33. The fourth-order valence-electron chi connectivity index (χ4n) is 3.36. The number of hydrogen-bond donors (Lipinski definition) is 1. The second kappa shape index (κ2) is 5.51. The van der Waals surface area contributed by atoms with Gasteiger partial charge in [-0.25, -0.2) is 0 Å². The third-order valence-corrected chi connectivity index (χ3v) is 4.67. The molecule has 2 unspecified atom stereocenters. The third kappa shape index (κ3) is 2.77. The van der Waals surface area contributed by atoms with Crippen LogP contribution in [-0.4, -0.2) is 37.2 Å². The summed E-state index contributed by atoms with van der Waals surface area (Å²) in [6.07, 6.45) is 5.20. The molecule has 1 saturated carbocycles. The number of piperidine rings is 1. The summed E-state index contributed by atoms with van der Waals surface area (Å²) in [5.74, 6) is 1.51. The smallest absolute Gasteiger partial charge is 0.119 e. The van der Waals surface area contributed by atoms with Gasteiger partial charge >= 0.3 is 0 Å². The lowest BCUT2D eigenvalue weighted by atomic mass is 9.84. The zero-order valence-electron chi connectivity index (χ0n) is 11.7. The molecular weight excluding hydrogens is 236 g/mol. The van der Waals surface area contributed by atoms with Gasteiger partial charge < -0.3 is 10.5 Å². The minimum Gasteiger partial charge on any atom is -0.497 e. The van der Waals surface area contributed by atoms with Crippen molar-refractivity contribution < 1.29 is 4.74 Å². The van der Waals surface area contributed by atoms with Gasteiger partial charge in [-0.2, -0.15) is 0 Å². The average Bonchev–Trinajstić information content (AvgIpc) is 2.36. The number of hydrogen-bond acceptors (Lipinski definition) is 3.